The molecule has 0 rings (SSSR count). The zero-order valence-electron chi connectivity index (χ0n) is 8.66. The van der Waals surface area contributed by atoms with Crippen LogP contribution in [-0.2, 0) is 19.0 Å². The Morgan fingerprint density at radius 3 is 2.64 bits per heavy atom. The van der Waals surface area contributed by atoms with Gasteiger partial charge in [-0.3, -0.25) is 4.79 Å². The van der Waals surface area contributed by atoms with E-state index in [2.05, 4.69) is 0 Å². The molecule has 5 nitrogen and oxygen atoms in total. The molecule has 0 amide bonds. The second kappa shape index (κ2) is 10.4. The Kier molecular flexibility index (Phi) is 9.95. The first-order valence-electron chi connectivity index (χ1n) is 4.73. The van der Waals surface area contributed by atoms with E-state index in [4.69, 9.17) is 19.9 Å². The Labute approximate surface area is 84.5 Å². The SMILES string of the molecule is COCCCC(=O)OCCOCCN. The first-order chi connectivity index (χ1) is 6.81. The number of hydrogen-bond donors (Lipinski definition) is 1. The number of rotatable bonds is 9. The molecule has 0 bridgehead atoms. The summed E-state index contributed by atoms with van der Waals surface area (Å²) in [4.78, 5) is 11.0. The number of ether oxygens (including phenoxy) is 3. The standard InChI is InChI=1S/C9H19NO4/c1-12-5-2-3-9(11)14-8-7-13-6-4-10/h2-8,10H2,1H3. The average Bonchev–Trinajstić information content (AvgIpc) is 2.18. The van der Waals surface area contributed by atoms with Gasteiger partial charge in [-0.2, -0.15) is 0 Å². The van der Waals surface area contributed by atoms with Gasteiger partial charge in [0.05, 0.1) is 13.2 Å². The van der Waals surface area contributed by atoms with Crippen molar-refractivity contribution in [1.82, 2.24) is 0 Å². The van der Waals surface area contributed by atoms with Gasteiger partial charge in [0.1, 0.15) is 6.61 Å². The van der Waals surface area contributed by atoms with Crippen molar-refractivity contribution >= 4 is 5.97 Å². The second-order valence-corrected chi connectivity index (χ2v) is 2.72. The van der Waals surface area contributed by atoms with E-state index >= 15 is 0 Å². The van der Waals surface area contributed by atoms with Crippen LogP contribution in [0.4, 0.5) is 0 Å². The third-order valence-electron chi connectivity index (χ3n) is 1.48. The van der Waals surface area contributed by atoms with Crippen molar-refractivity contribution < 1.29 is 19.0 Å². The molecule has 0 aromatic heterocycles. The van der Waals surface area contributed by atoms with Crippen molar-refractivity contribution in [3.8, 4) is 0 Å². The highest BCUT2D eigenvalue weighted by atomic mass is 16.6. The summed E-state index contributed by atoms with van der Waals surface area (Å²) in [6.45, 7) is 2.28. The van der Waals surface area contributed by atoms with E-state index in [0.29, 0.717) is 45.8 Å². The van der Waals surface area contributed by atoms with Crippen LogP contribution in [-0.4, -0.2) is 46.1 Å². The molecule has 0 atom stereocenters. The van der Waals surface area contributed by atoms with Crippen molar-refractivity contribution in [3.05, 3.63) is 0 Å². The van der Waals surface area contributed by atoms with Crippen molar-refractivity contribution in [3.63, 3.8) is 0 Å². The van der Waals surface area contributed by atoms with Crippen molar-refractivity contribution in [2.24, 2.45) is 5.73 Å². The summed E-state index contributed by atoms with van der Waals surface area (Å²) in [6, 6.07) is 0. The molecular weight excluding hydrogens is 186 g/mol. The molecule has 0 spiro atoms. The predicted molar refractivity (Wildman–Crippen MR) is 51.9 cm³/mol. The summed E-state index contributed by atoms with van der Waals surface area (Å²) in [5, 5.41) is 0. The minimum atomic E-state index is -0.210. The molecule has 5 heteroatoms. The smallest absolute Gasteiger partial charge is 0.305 e. The zero-order chi connectivity index (χ0) is 10.6. The van der Waals surface area contributed by atoms with Crippen molar-refractivity contribution in [2.45, 2.75) is 12.8 Å². The molecule has 0 aliphatic heterocycles. The van der Waals surface area contributed by atoms with E-state index in [1.807, 2.05) is 0 Å². The predicted octanol–water partition coefficient (Wildman–Crippen LogP) is -0.0685. The molecule has 0 saturated carbocycles. The van der Waals surface area contributed by atoms with E-state index in [9.17, 15) is 4.79 Å². The molecule has 0 heterocycles. The Bertz CT molecular complexity index is 141. The second-order valence-electron chi connectivity index (χ2n) is 2.72. The van der Waals surface area contributed by atoms with E-state index in [1.165, 1.54) is 0 Å². The summed E-state index contributed by atoms with van der Waals surface area (Å²) in [5.41, 5.74) is 5.20. The average molecular weight is 205 g/mol. The lowest BCUT2D eigenvalue weighted by molar-refractivity contribution is -0.145. The lowest BCUT2D eigenvalue weighted by atomic mass is 10.3. The van der Waals surface area contributed by atoms with E-state index in [0.717, 1.165) is 0 Å². The highest BCUT2D eigenvalue weighted by Gasteiger charge is 2.01. The molecular formula is C9H19NO4. The fourth-order valence-electron chi connectivity index (χ4n) is 0.833. The van der Waals surface area contributed by atoms with Crippen LogP contribution in [0.1, 0.15) is 12.8 Å². The minimum absolute atomic E-state index is 0.210. The lowest BCUT2D eigenvalue weighted by Gasteiger charge is -2.04. The first kappa shape index (κ1) is 13.4. The van der Waals surface area contributed by atoms with Crippen LogP contribution in [0.2, 0.25) is 0 Å². The van der Waals surface area contributed by atoms with E-state index in [-0.39, 0.29) is 5.97 Å². The van der Waals surface area contributed by atoms with Gasteiger partial charge < -0.3 is 19.9 Å². The molecule has 0 saturated heterocycles. The minimum Gasteiger partial charge on any atom is -0.463 e. The number of methoxy groups -OCH3 is 1. The highest BCUT2D eigenvalue weighted by molar-refractivity contribution is 5.69. The van der Waals surface area contributed by atoms with Gasteiger partial charge in [-0.15, -0.1) is 0 Å². The summed E-state index contributed by atoms with van der Waals surface area (Å²) in [6.07, 6.45) is 1.09. The van der Waals surface area contributed by atoms with Gasteiger partial charge in [-0.25, -0.2) is 0 Å². The first-order valence-corrected chi connectivity index (χ1v) is 4.73. The van der Waals surface area contributed by atoms with Gasteiger partial charge in [0.25, 0.3) is 0 Å². The van der Waals surface area contributed by atoms with Crippen LogP contribution < -0.4 is 5.73 Å². The van der Waals surface area contributed by atoms with Gasteiger partial charge in [0.2, 0.25) is 0 Å². The fourth-order valence-corrected chi connectivity index (χ4v) is 0.833. The van der Waals surface area contributed by atoms with Crippen LogP contribution in [0.15, 0.2) is 0 Å². The van der Waals surface area contributed by atoms with Crippen LogP contribution >= 0.6 is 0 Å². The van der Waals surface area contributed by atoms with Gasteiger partial charge in [0, 0.05) is 26.7 Å². The molecule has 0 radical (unpaired) electrons. The molecule has 84 valence electrons. The molecule has 14 heavy (non-hydrogen) atoms. The number of nitrogens with two attached hydrogens (primary N) is 1. The van der Waals surface area contributed by atoms with Crippen LogP contribution in [0.3, 0.4) is 0 Å². The maximum absolute atomic E-state index is 11.0. The molecule has 0 aliphatic carbocycles. The summed E-state index contributed by atoms with van der Waals surface area (Å²) in [7, 11) is 1.60. The summed E-state index contributed by atoms with van der Waals surface area (Å²) < 4.78 is 14.7. The topological polar surface area (TPSA) is 70.8 Å². The normalized spacial score (nSPS) is 10.1. The Balaban J connectivity index is 3.10. The molecule has 0 aromatic carbocycles. The maximum Gasteiger partial charge on any atom is 0.305 e. The van der Waals surface area contributed by atoms with Gasteiger partial charge in [-0.1, -0.05) is 0 Å². The molecule has 2 N–H and O–H groups in total. The molecule has 0 aromatic rings. The number of hydrogen-bond acceptors (Lipinski definition) is 5. The van der Waals surface area contributed by atoms with Crippen LogP contribution in [0, 0.1) is 0 Å². The Hall–Kier alpha value is -0.650. The summed E-state index contributed by atoms with van der Waals surface area (Å²) in [5.74, 6) is -0.210. The van der Waals surface area contributed by atoms with Crippen molar-refractivity contribution in [2.75, 3.05) is 40.1 Å². The summed E-state index contributed by atoms with van der Waals surface area (Å²) >= 11 is 0. The molecule has 0 unspecified atom stereocenters. The molecule has 0 fully saturated rings. The van der Waals surface area contributed by atoms with Gasteiger partial charge >= 0.3 is 5.97 Å². The van der Waals surface area contributed by atoms with Gasteiger partial charge in [-0.05, 0) is 6.42 Å². The number of carbonyl (C=O) groups is 1. The third kappa shape index (κ3) is 9.44. The number of esters is 1. The van der Waals surface area contributed by atoms with E-state index in [1.54, 1.807) is 7.11 Å². The molecule has 0 aliphatic rings. The monoisotopic (exact) mass is 205 g/mol. The highest BCUT2D eigenvalue weighted by Crippen LogP contribution is 1.92. The Morgan fingerprint density at radius 1 is 1.21 bits per heavy atom. The van der Waals surface area contributed by atoms with Crippen LogP contribution in [0.25, 0.3) is 0 Å². The van der Waals surface area contributed by atoms with Gasteiger partial charge in [0.15, 0.2) is 0 Å². The third-order valence-corrected chi connectivity index (χ3v) is 1.48. The van der Waals surface area contributed by atoms with Crippen molar-refractivity contribution in [1.29, 1.82) is 0 Å². The Morgan fingerprint density at radius 2 is 2.00 bits per heavy atom. The van der Waals surface area contributed by atoms with Crippen LogP contribution in [0.5, 0.6) is 0 Å². The van der Waals surface area contributed by atoms with E-state index < -0.39 is 0 Å². The maximum atomic E-state index is 11.0. The lowest BCUT2D eigenvalue weighted by Crippen LogP contribution is -2.14. The zero-order valence-corrected chi connectivity index (χ0v) is 8.66. The fraction of sp³-hybridized carbons (Fsp3) is 0.889. The largest absolute Gasteiger partial charge is 0.463 e. The quantitative estimate of drug-likeness (QED) is 0.421. The number of carbonyl (C=O) groups excluding carboxylic acids is 1.